The van der Waals surface area contributed by atoms with Crippen molar-refractivity contribution in [3.05, 3.63) is 0 Å². The van der Waals surface area contributed by atoms with E-state index in [1.54, 1.807) is 0 Å². The van der Waals surface area contributed by atoms with E-state index in [9.17, 15) is 69.6 Å². The molecule has 0 heterocycles. The Labute approximate surface area is 165 Å². The van der Waals surface area contributed by atoms with E-state index in [1.165, 1.54) is 0 Å². The van der Waals surface area contributed by atoms with E-state index in [2.05, 4.69) is 5.73 Å². The average Bonchev–Trinajstić information content (AvgIpc) is 2.30. The number of nitrogens with one attached hydrogen (secondary N) is 1. The van der Waals surface area contributed by atoms with Crippen molar-refractivity contribution in [2.45, 2.75) is 20.1 Å². The summed E-state index contributed by atoms with van der Waals surface area (Å²) in [6.07, 6.45) is 0. The van der Waals surface area contributed by atoms with Gasteiger partial charge in [-0.2, -0.15) is 39.5 Å². The molecule has 0 fully saturated rings. The number of alkyl halides is 9. The predicted molar refractivity (Wildman–Crippen MR) is 67.5 cm³/mol. The maximum atomic E-state index is 12.6. The van der Waals surface area contributed by atoms with Gasteiger partial charge in [-0.15, -0.1) is 0 Å². The van der Waals surface area contributed by atoms with Crippen LogP contribution in [0, 0.1) is 0 Å². The third kappa shape index (κ3) is 4.11. The van der Waals surface area contributed by atoms with Gasteiger partial charge in [0.2, 0.25) is 0 Å². The van der Waals surface area contributed by atoms with Crippen LogP contribution in [-0.2, 0) is 29.5 Å². The molecule has 0 atom stereocenters. The van der Waals surface area contributed by atoms with Gasteiger partial charge in [0.25, 0.3) is 0 Å². The Morgan fingerprint density at radius 3 is 0.926 bits per heavy atom. The minimum atomic E-state index is -8.50. The van der Waals surface area contributed by atoms with E-state index in [0.717, 1.165) is 0 Å². The number of carbonyl (C=O) groups excluding carboxylic acids is 1. The van der Waals surface area contributed by atoms with Crippen LogP contribution in [0.2, 0.25) is 0 Å². The van der Waals surface area contributed by atoms with Gasteiger partial charge in [0, 0.05) is 0 Å². The minimum absolute atomic E-state index is 0. The Morgan fingerprint density at radius 1 is 0.630 bits per heavy atom. The van der Waals surface area contributed by atoms with E-state index < -0.39 is 60.9 Å². The molecule has 0 unspecified atom stereocenters. The Hall–Kier alpha value is -0.510. The number of amides is 2. The molecular weight excluding hydrogens is 490 g/mol. The van der Waals surface area contributed by atoms with Gasteiger partial charge < -0.3 is 5.73 Å². The second-order valence-corrected chi connectivity index (χ2v) is 10.9. The number of primary amides is 1. The molecule has 9 nitrogen and oxygen atoms in total. The topological polar surface area (TPSA) is 158 Å². The molecule has 0 saturated heterocycles. The zero-order valence-corrected chi connectivity index (χ0v) is 13.5. The van der Waals surface area contributed by atoms with Crippen LogP contribution >= 0.6 is 0 Å². The quantitative estimate of drug-likeness (QED) is 0.391. The monoisotopic (exact) mass is 494 g/mol. The molecule has 0 aromatic carbocycles. The Balaban J connectivity index is 0. The Morgan fingerprint density at radius 2 is 0.815 bits per heavy atom. The van der Waals surface area contributed by atoms with Crippen molar-refractivity contribution >= 4 is 65.1 Å². The van der Waals surface area contributed by atoms with E-state index in [1.807, 2.05) is 0 Å². The van der Waals surface area contributed by atoms with Gasteiger partial charge in [-0.1, -0.05) is 0 Å². The molecule has 0 aliphatic rings. The van der Waals surface area contributed by atoms with Crippen molar-refractivity contribution in [2.24, 2.45) is 5.73 Å². The number of hydrogen-bond donors (Lipinski definition) is 2. The van der Waals surface area contributed by atoms with Crippen LogP contribution in [0.15, 0.2) is 0 Å². The van der Waals surface area contributed by atoms with Gasteiger partial charge in [0.15, 0.2) is 0 Å². The van der Waals surface area contributed by atoms with E-state index in [4.69, 9.17) is 0 Å². The Kier molecular flexibility index (Phi) is 7.85. The third-order valence-electron chi connectivity index (χ3n) is 2.25. The van der Waals surface area contributed by atoms with Crippen molar-refractivity contribution in [2.75, 3.05) is 0 Å². The summed E-state index contributed by atoms with van der Waals surface area (Å²) in [5, 5.41) is -0.551. The molecule has 22 heteroatoms. The van der Waals surface area contributed by atoms with E-state index >= 15 is 0 Å². The van der Waals surface area contributed by atoms with Crippen LogP contribution in [-0.4, -0.2) is 80.9 Å². The van der Waals surface area contributed by atoms with Gasteiger partial charge in [-0.25, -0.2) is 30.0 Å². The van der Waals surface area contributed by atoms with Crippen molar-refractivity contribution in [3.63, 3.8) is 0 Å². The molecule has 158 valence electrons. The molecular formula is C5H4F9N2NaO7S3. The molecule has 27 heavy (non-hydrogen) atoms. The van der Waals surface area contributed by atoms with E-state index in [-0.39, 0.29) is 29.6 Å². The molecule has 0 aliphatic heterocycles. The summed E-state index contributed by atoms with van der Waals surface area (Å²) in [5.74, 6) is 0. The summed E-state index contributed by atoms with van der Waals surface area (Å²) >= 11 is 0. The number of urea groups is 1. The predicted octanol–water partition coefficient (Wildman–Crippen LogP) is -0.579. The van der Waals surface area contributed by atoms with Crippen LogP contribution in [0.5, 0.6) is 0 Å². The third-order valence-corrected chi connectivity index (χ3v) is 10.5. The molecule has 0 aromatic heterocycles. The summed E-state index contributed by atoms with van der Waals surface area (Å²) in [6.45, 7) is 0. The van der Waals surface area contributed by atoms with E-state index in [0.29, 0.717) is 0 Å². The van der Waals surface area contributed by atoms with Gasteiger partial charge in [0.05, 0.1) is 0 Å². The van der Waals surface area contributed by atoms with Gasteiger partial charge in [-0.3, -0.25) is 5.32 Å². The van der Waals surface area contributed by atoms with Gasteiger partial charge >= 0.3 is 85.2 Å². The standard InChI is InChI=1S/C5H3F9N2O7S3.Na.H/c6-2(7,8)24(18,19)5(16-1(15)17,25(20,21)3(9,10)11)26(22,23)4(12,13)14;;/h(H3,15,16,17);;. The van der Waals surface area contributed by atoms with Crippen LogP contribution in [0.25, 0.3) is 0 Å². The van der Waals surface area contributed by atoms with Crippen LogP contribution in [0.1, 0.15) is 0 Å². The van der Waals surface area contributed by atoms with Crippen molar-refractivity contribution in [3.8, 4) is 0 Å². The van der Waals surface area contributed by atoms with Crippen LogP contribution in [0.3, 0.4) is 0 Å². The second-order valence-electron chi connectivity index (χ2n) is 3.89. The maximum absolute atomic E-state index is 12.6. The SMILES string of the molecule is NC(=O)NC(S(=O)(=O)C(F)(F)F)(S(=O)(=O)C(F)(F)F)S(=O)(=O)C(F)(F)F.[NaH]. The number of nitrogens with two attached hydrogens (primary N) is 1. The van der Waals surface area contributed by atoms with Gasteiger partial charge in [0.1, 0.15) is 0 Å². The summed E-state index contributed by atoms with van der Waals surface area (Å²) < 4.78 is 174. The van der Waals surface area contributed by atoms with Crippen molar-refractivity contribution in [1.82, 2.24) is 5.32 Å². The summed E-state index contributed by atoms with van der Waals surface area (Å²) in [6, 6.07) is -3.08. The first-order valence-electron chi connectivity index (χ1n) is 4.92. The average molecular weight is 494 g/mol. The van der Waals surface area contributed by atoms with Crippen LogP contribution < -0.4 is 11.1 Å². The first kappa shape index (κ1) is 28.7. The number of carbonyl (C=O) groups is 1. The molecule has 0 bridgehead atoms. The van der Waals surface area contributed by atoms with Gasteiger partial charge in [-0.05, 0) is 0 Å². The fourth-order valence-corrected chi connectivity index (χ4v) is 8.03. The number of rotatable bonds is 4. The second kappa shape index (κ2) is 7.39. The molecule has 0 radical (unpaired) electrons. The first-order chi connectivity index (χ1) is 10.9. The molecule has 2 amide bonds. The van der Waals surface area contributed by atoms with Crippen molar-refractivity contribution < 1.29 is 69.6 Å². The summed E-state index contributed by atoms with van der Waals surface area (Å²) in [4.78, 5) is 10.6. The summed E-state index contributed by atoms with van der Waals surface area (Å²) in [5.41, 5.74) is -18.1. The normalized spacial score (nSPS) is 15.0. The molecule has 0 saturated carbocycles. The number of halogens is 9. The molecule has 0 aromatic rings. The first-order valence-corrected chi connectivity index (χ1v) is 9.37. The molecule has 3 N–H and O–H groups in total. The molecule has 0 aliphatic carbocycles. The van der Waals surface area contributed by atoms with Crippen LogP contribution in [0.4, 0.5) is 44.3 Å². The fraction of sp³-hybridized carbons (Fsp3) is 0.800. The zero-order valence-electron chi connectivity index (χ0n) is 11.1. The zero-order chi connectivity index (χ0) is 21.8. The number of hydrogen-bond acceptors (Lipinski definition) is 7. The Bertz CT molecular complexity index is 792. The van der Waals surface area contributed by atoms with Crippen molar-refractivity contribution in [1.29, 1.82) is 0 Å². The fourth-order valence-electron chi connectivity index (χ4n) is 1.24. The molecule has 0 rings (SSSR count). The summed E-state index contributed by atoms with van der Waals surface area (Å²) in [7, 11) is -25.5. The number of sulfone groups is 3. The molecule has 0 spiro atoms.